The van der Waals surface area contributed by atoms with Crippen molar-refractivity contribution >= 4 is 22.8 Å². The van der Waals surface area contributed by atoms with Gasteiger partial charge < -0.3 is 15.2 Å². The van der Waals surface area contributed by atoms with Gasteiger partial charge in [0, 0.05) is 19.7 Å². The van der Waals surface area contributed by atoms with E-state index in [0.717, 1.165) is 23.4 Å². The largest absolute Gasteiger partial charge is 0.364 e. The van der Waals surface area contributed by atoms with E-state index in [-0.39, 0.29) is 17.3 Å². The highest BCUT2D eigenvalue weighted by molar-refractivity contribution is 5.97. The standard InChI is InChI=1S/C22H22N6O2/c1-3-27-18-12-8-7-11-16(18)24-20(27)14-26(2)22(30)17-13-19(21(23)29)28(25-17)15-9-5-4-6-10-15/h4-13H,3,14H2,1-2H3,(H2,23,29). The fourth-order valence-electron chi connectivity index (χ4n) is 3.51. The third-order valence-electron chi connectivity index (χ3n) is 4.96. The first kappa shape index (κ1) is 19.4. The molecule has 0 bridgehead atoms. The van der Waals surface area contributed by atoms with E-state index in [1.807, 2.05) is 49.4 Å². The zero-order valence-corrected chi connectivity index (χ0v) is 16.8. The quantitative estimate of drug-likeness (QED) is 0.536. The fraction of sp³-hybridized carbons (Fsp3) is 0.182. The number of para-hydroxylation sites is 3. The highest BCUT2D eigenvalue weighted by atomic mass is 16.2. The van der Waals surface area contributed by atoms with E-state index in [0.29, 0.717) is 12.2 Å². The summed E-state index contributed by atoms with van der Waals surface area (Å²) in [5.74, 6) is -0.185. The third kappa shape index (κ3) is 3.43. The van der Waals surface area contributed by atoms with Crippen LogP contribution in [0.5, 0.6) is 0 Å². The molecule has 30 heavy (non-hydrogen) atoms. The Labute approximate surface area is 173 Å². The molecule has 0 aliphatic carbocycles. The van der Waals surface area contributed by atoms with Crippen LogP contribution in [0.25, 0.3) is 16.7 Å². The van der Waals surface area contributed by atoms with Crippen molar-refractivity contribution in [2.75, 3.05) is 7.05 Å². The Morgan fingerprint density at radius 3 is 2.47 bits per heavy atom. The highest BCUT2D eigenvalue weighted by Crippen LogP contribution is 2.18. The zero-order chi connectivity index (χ0) is 21.3. The molecule has 2 aromatic carbocycles. The Balaban J connectivity index is 1.64. The third-order valence-corrected chi connectivity index (χ3v) is 4.96. The van der Waals surface area contributed by atoms with Crippen LogP contribution in [-0.4, -0.2) is 43.1 Å². The number of hydrogen-bond donors (Lipinski definition) is 1. The molecule has 0 aliphatic rings. The minimum absolute atomic E-state index is 0.148. The van der Waals surface area contributed by atoms with Gasteiger partial charge >= 0.3 is 0 Å². The molecule has 0 atom stereocenters. The Morgan fingerprint density at radius 2 is 1.77 bits per heavy atom. The van der Waals surface area contributed by atoms with Gasteiger partial charge in [0.15, 0.2) is 5.69 Å². The number of primary amides is 1. The molecule has 0 aliphatic heterocycles. The second-order valence-electron chi connectivity index (χ2n) is 6.95. The molecule has 4 aromatic rings. The molecule has 8 nitrogen and oxygen atoms in total. The summed E-state index contributed by atoms with van der Waals surface area (Å²) in [5.41, 5.74) is 8.38. The van der Waals surface area contributed by atoms with E-state index >= 15 is 0 Å². The number of rotatable bonds is 6. The number of amides is 2. The number of aromatic nitrogens is 4. The molecule has 0 fully saturated rings. The summed E-state index contributed by atoms with van der Waals surface area (Å²) in [7, 11) is 1.69. The van der Waals surface area contributed by atoms with Crippen molar-refractivity contribution in [3.8, 4) is 5.69 Å². The number of aryl methyl sites for hydroxylation is 1. The van der Waals surface area contributed by atoms with Crippen molar-refractivity contribution in [1.29, 1.82) is 0 Å². The molecule has 2 amide bonds. The van der Waals surface area contributed by atoms with Crippen LogP contribution >= 0.6 is 0 Å². The van der Waals surface area contributed by atoms with Crippen LogP contribution in [0.1, 0.15) is 33.7 Å². The first-order valence-electron chi connectivity index (χ1n) is 9.64. The minimum atomic E-state index is -0.652. The molecule has 8 heteroatoms. The Bertz CT molecular complexity index is 1230. The Hall–Kier alpha value is -3.94. The molecule has 0 saturated heterocycles. The molecule has 2 N–H and O–H groups in total. The average molecular weight is 402 g/mol. The number of fused-ring (bicyclic) bond motifs is 1. The van der Waals surface area contributed by atoms with E-state index < -0.39 is 5.91 Å². The van der Waals surface area contributed by atoms with Gasteiger partial charge in [-0.1, -0.05) is 30.3 Å². The molecule has 0 radical (unpaired) electrons. The van der Waals surface area contributed by atoms with Crippen LogP contribution in [0.2, 0.25) is 0 Å². The molecule has 2 heterocycles. The Kier molecular flexibility index (Phi) is 5.05. The lowest BCUT2D eigenvalue weighted by Crippen LogP contribution is -2.28. The maximum Gasteiger partial charge on any atom is 0.274 e. The van der Waals surface area contributed by atoms with Gasteiger partial charge in [-0.25, -0.2) is 9.67 Å². The number of hydrogen-bond acceptors (Lipinski definition) is 4. The smallest absolute Gasteiger partial charge is 0.274 e. The van der Waals surface area contributed by atoms with Crippen LogP contribution in [0.15, 0.2) is 60.7 Å². The predicted octanol–water partition coefficient (Wildman–Crippen LogP) is 2.61. The van der Waals surface area contributed by atoms with Crippen LogP contribution in [-0.2, 0) is 13.1 Å². The number of nitrogens with zero attached hydrogens (tertiary/aromatic N) is 5. The van der Waals surface area contributed by atoms with Gasteiger partial charge in [0.25, 0.3) is 11.8 Å². The summed E-state index contributed by atoms with van der Waals surface area (Å²) in [6, 6.07) is 18.4. The minimum Gasteiger partial charge on any atom is -0.364 e. The zero-order valence-electron chi connectivity index (χ0n) is 16.8. The van der Waals surface area contributed by atoms with Crippen molar-refractivity contribution in [1.82, 2.24) is 24.2 Å². The fourth-order valence-corrected chi connectivity index (χ4v) is 3.51. The van der Waals surface area contributed by atoms with E-state index in [4.69, 9.17) is 5.73 Å². The summed E-state index contributed by atoms with van der Waals surface area (Å²) in [4.78, 5) is 31.1. The second kappa shape index (κ2) is 7.82. The first-order valence-corrected chi connectivity index (χ1v) is 9.64. The summed E-state index contributed by atoms with van der Waals surface area (Å²) in [6.07, 6.45) is 0. The molecular weight excluding hydrogens is 380 g/mol. The lowest BCUT2D eigenvalue weighted by atomic mass is 10.3. The topological polar surface area (TPSA) is 99.0 Å². The lowest BCUT2D eigenvalue weighted by Gasteiger charge is -2.16. The number of benzene rings is 2. The van der Waals surface area contributed by atoms with Gasteiger partial charge in [-0.15, -0.1) is 0 Å². The molecule has 0 spiro atoms. The number of nitrogens with two attached hydrogens (primary N) is 1. The average Bonchev–Trinajstić information content (AvgIpc) is 3.35. The maximum atomic E-state index is 13.0. The van der Waals surface area contributed by atoms with Crippen molar-refractivity contribution in [2.45, 2.75) is 20.0 Å². The second-order valence-corrected chi connectivity index (χ2v) is 6.95. The molecule has 0 unspecified atom stereocenters. The van der Waals surface area contributed by atoms with E-state index in [2.05, 4.69) is 14.6 Å². The molecule has 2 aromatic heterocycles. The van der Waals surface area contributed by atoms with Crippen molar-refractivity contribution in [3.63, 3.8) is 0 Å². The lowest BCUT2D eigenvalue weighted by molar-refractivity contribution is 0.0774. The van der Waals surface area contributed by atoms with Gasteiger partial charge in [-0.3, -0.25) is 9.59 Å². The predicted molar refractivity (Wildman–Crippen MR) is 113 cm³/mol. The van der Waals surface area contributed by atoms with Crippen LogP contribution < -0.4 is 5.73 Å². The maximum absolute atomic E-state index is 13.0. The summed E-state index contributed by atoms with van der Waals surface area (Å²) in [5, 5.41) is 4.35. The van der Waals surface area contributed by atoms with Gasteiger partial charge in [0.05, 0.1) is 23.3 Å². The summed E-state index contributed by atoms with van der Waals surface area (Å²) in [6.45, 7) is 3.10. The highest BCUT2D eigenvalue weighted by Gasteiger charge is 2.22. The summed E-state index contributed by atoms with van der Waals surface area (Å²) < 4.78 is 3.47. The number of carbonyl (C=O) groups is 2. The SMILES string of the molecule is CCn1c(CN(C)C(=O)c2cc(C(N)=O)n(-c3ccccc3)n2)nc2ccccc21. The normalized spacial score (nSPS) is 11.0. The monoisotopic (exact) mass is 402 g/mol. The van der Waals surface area contributed by atoms with E-state index in [9.17, 15) is 9.59 Å². The molecular formula is C22H22N6O2. The van der Waals surface area contributed by atoms with Gasteiger partial charge in [0.1, 0.15) is 11.5 Å². The van der Waals surface area contributed by atoms with Crippen LogP contribution in [0, 0.1) is 0 Å². The van der Waals surface area contributed by atoms with Gasteiger partial charge in [0.2, 0.25) is 0 Å². The molecule has 4 rings (SSSR count). The Morgan fingerprint density at radius 1 is 1.07 bits per heavy atom. The van der Waals surface area contributed by atoms with E-state index in [1.165, 1.54) is 15.6 Å². The molecule has 0 saturated carbocycles. The van der Waals surface area contributed by atoms with E-state index in [1.54, 1.807) is 19.2 Å². The summed E-state index contributed by atoms with van der Waals surface area (Å²) >= 11 is 0. The first-order chi connectivity index (χ1) is 14.5. The van der Waals surface area contributed by atoms with Crippen LogP contribution in [0.4, 0.5) is 0 Å². The van der Waals surface area contributed by atoms with Crippen LogP contribution in [0.3, 0.4) is 0 Å². The van der Waals surface area contributed by atoms with Crippen molar-refractivity contribution in [3.05, 3.63) is 77.9 Å². The van der Waals surface area contributed by atoms with Gasteiger partial charge in [-0.05, 0) is 31.2 Å². The van der Waals surface area contributed by atoms with Gasteiger partial charge in [-0.2, -0.15) is 5.10 Å². The number of carbonyl (C=O) groups excluding carboxylic acids is 2. The van der Waals surface area contributed by atoms with Crippen molar-refractivity contribution in [2.24, 2.45) is 5.73 Å². The molecule has 152 valence electrons. The number of imidazole rings is 1. The van der Waals surface area contributed by atoms with Crippen molar-refractivity contribution < 1.29 is 9.59 Å².